The van der Waals surface area contributed by atoms with Gasteiger partial charge in [-0.15, -0.1) is 0 Å². The van der Waals surface area contributed by atoms with E-state index in [0.717, 1.165) is 232 Å². The maximum absolute atomic E-state index is 5.29. The number of pyridine rings is 8. The maximum atomic E-state index is 5.29. The molecule has 0 saturated carbocycles. The molecule has 12 nitrogen and oxygen atoms in total. The summed E-state index contributed by atoms with van der Waals surface area (Å²) in [6.45, 7) is 0. The van der Waals surface area contributed by atoms with Crippen molar-refractivity contribution >= 4 is 109 Å². The Morgan fingerprint density at radius 3 is 0.798 bits per heavy atom. The Kier molecular flexibility index (Phi) is 17.9. The van der Waals surface area contributed by atoms with Crippen LogP contribution in [0.1, 0.15) is 0 Å². The molecule has 0 aliphatic heterocycles. The SMILES string of the molecule is c1ccc(-c2cc(-c3ccccc3)nc(-c3ccc4ccc(-c5ccc6ccc(-c7ccc(-c8ccc9ccc%10cccnc%10c9n8)c8ccccc78)nc6c5)cc4n3)n2)cc1.c1ccc(-c2cc(-c3ccccc3)nc(-c3ccc4ccc(-c5ccc6ccc(-c7ccc8cc(-c9ccc%10ccc%11cccnc%11c%10n9)ccc8c7)nc6c5)cc4n3)n2)cc1. The second kappa shape index (κ2) is 30.8. The molecule has 0 spiro atoms. The van der Waals surface area contributed by atoms with Gasteiger partial charge in [0.2, 0.25) is 0 Å². The number of hydrogen-bond donors (Lipinski definition) is 0. The first-order valence-electron chi connectivity index (χ1n) is 41.3. The zero-order valence-electron chi connectivity index (χ0n) is 66.6. The topological polar surface area (TPSA) is 155 Å². The maximum Gasteiger partial charge on any atom is 0.179 e. The predicted molar refractivity (Wildman–Crippen MR) is 507 cm³/mol. The van der Waals surface area contributed by atoms with Crippen molar-refractivity contribution in [3.8, 4) is 135 Å². The molecule has 0 amide bonds. The lowest BCUT2D eigenvalue weighted by Gasteiger charge is -2.13. The third-order valence-corrected chi connectivity index (χ3v) is 23.4. The van der Waals surface area contributed by atoms with Gasteiger partial charge in [-0.2, -0.15) is 0 Å². The number of rotatable bonds is 12. The standard InChI is InChI=1S/2C56H34N6/c1-3-10-35(11-4-1)52-34-53(36-12-5-2-6-13-36)62-56(61-52)49-30-24-38-18-22-42(33-51(38)59-49)41-21-17-37-23-28-47(58-50(37)32-41)45-26-27-46(44-16-8-7-15-43(44)45)48-29-25-40-20-19-39-14-9-31-57-54(39)55(40)60-48;1-3-8-35(9-4-1)52-34-53(36-10-5-2-6-11-36)62-56(61-52)49-28-24-38-14-18-44(33-51(38)59-49)43-17-13-37-23-26-47(58-50(37)32-43)45-21-19-42-31-46(22-20-41(42)30-45)48-27-25-40-16-15-39-12-7-29-57-54(39)55(40)60-48/h2*1-34H. The molecule has 24 aromatic rings. The van der Waals surface area contributed by atoms with Gasteiger partial charge < -0.3 is 0 Å². The molecule has 0 N–H and O–H groups in total. The zero-order valence-corrected chi connectivity index (χ0v) is 66.6. The number of hydrogen-bond acceptors (Lipinski definition) is 12. The van der Waals surface area contributed by atoms with E-state index in [4.69, 9.17) is 49.8 Å². The first-order valence-corrected chi connectivity index (χ1v) is 41.3. The summed E-state index contributed by atoms with van der Waals surface area (Å²) in [4.78, 5) is 60.4. The minimum atomic E-state index is 0.583. The van der Waals surface area contributed by atoms with Crippen LogP contribution in [0, 0.1) is 0 Å². The molecule has 0 atom stereocenters. The van der Waals surface area contributed by atoms with Crippen LogP contribution < -0.4 is 0 Å². The van der Waals surface area contributed by atoms with E-state index in [1.807, 2.05) is 122 Å². The molecule has 10 heterocycles. The van der Waals surface area contributed by atoms with Crippen molar-refractivity contribution in [1.82, 2.24) is 59.8 Å². The molecule has 0 aliphatic carbocycles. The summed E-state index contributed by atoms with van der Waals surface area (Å²) in [5.41, 5.74) is 28.4. The first-order chi connectivity index (χ1) is 61.3. The summed E-state index contributed by atoms with van der Waals surface area (Å²) in [6, 6.07) is 139. The lowest BCUT2D eigenvalue weighted by molar-refractivity contribution is 1.16. The summed E-state index contributed by atoms with van der Waals surface area (Å²) in [5.74, 6) is 1.17. The third-order valence-electron chi connectivity index (χ3n) is 23.4. The normalized spacial score (nSPS) is 11.5. The van der Waals surface area contributed by atoms with Gasteiger partial charge in [0.1, 0.15) is 11.4 Å². The van der Waals surface area contributed by atoms with E-state index < -0.39 is 0 Å². The van der Waals surface area contributed by atoms with Crippen molar-refractivity contribution in [2.45, 2.75) is 0 Å². The zero-order chi connectivity index (χ0) is 82.0. The number of aromatic nitrogens is 12. The number of nitrogens with zero attached hydrogens (tertiary/aromatic N) is 12. The summed E-state index contributed by atoms with van der Waals surface area (Å²) in [7, 11) is 0. The highest BCUT2D eigenvalue weighted by Crippen LogP contribution is 2.40. The smallest absolute Gasteiger partial charge is 0.179 e. The van der Waals surface area contributed by atoms with Gasteiger partial charge in [0.15, 0.2) is 11.6 Å². The van der Waals surface area contributed by atoms with Gasteiger partial charge in [0, 0.05) is 100.0 Å². The Labute approximate surface area is 712 Å². The lowest BCUT2D eigenvalue weighted by Crippen LogP contribution is -1.97. The molecular formula is C112H68N12. The largest absolute Gasteiger partial charge is 0.254 e. The molecule has 124 heavy (non-hydrogen) atoms. The van der Waals surface area contributed by atoms with Gasteiger partial charge >= 0.3 is 0 Å². The van der Waals surface area contributed by atoms with Crippen LogP contribution in [0.25, 0.3) is 244 Å². The van der Waals surface area contributed by atoms with E-state index in [9.17, 15) is 0 Å². The van der Waals surface area contributed by atoms with Crippen LogP contribution in [0.3, 0.4) is 0 Å². The molecule has 12 heteroatoms. The second-order valence-electron chi connectivity index (χ2n) is 31.1. The minimum Gasteiger partial charge on any atom is -0.254 e. The van der Waals surface area contributed by atoms with Crippen LogP contribution in [-0.2, 0) is 0 Å². The quantitative estimate of drug-likeness (QED) is 0.107. The van der Waals surface area contributed by atoms with Crippen molar-refractivity contribution in [2.24, 2.45) is 0 Å². The van der Waals surface area contributed by atoms with Gasteiger partial charge in [-0.3, -0.25) is 9.97 Å². The fraction of sp³-hybridized carbons (Fsp3) is 0. The Bertz CT molecular complexity index is 8270. The molecule has 0 unspecified atom stereocenters. The Morgan fingerprint density at radius 2 is 0.411 bits per heavy atom. The highest BCUT2D eigenvalue weighted by atomic mass is 14.9. The van der Waals surface area contributed by atoms with Crippen LogP contribution in [0.15, 0.2) is 413 Å². The van der Waals surface area contributed by atoms with Crippen LogP contribution in [-0.4, -0.2) is 59.8 Å². The van der Waals surface area contributed by atoms with Gasteiger partial charge in [0.05, 0.1) is 89.7 Å². The molecule has 576 valence electrons. The monoisotopic (exact) mass is 1580 g/mol. The van der Waals surface area contributed by atoms with Crippen LogP contribution in [0.5, 0.6) is 0 Å². The second-order valence-corrected chi connectivity index (χ2v) is 31.1. The first kappa shape index (κ1) is 72.3. The molecule has 0 fully saturated rings. The van der Waals surface area contributed by atoms with E-state index in [1.54, 1.807) is 0 Å². The molecule has 0 saturated heterocycles. The Balaban J connectivity index is 0.000000143. The van der Waals surface area contributed by atoms with E-state index in [0.29, 0.717) is 11.6 Å². The van der Waals surface area contributed by atoms with Crippen molar-refractivity contribution in [1.29, 1.82) is 0 Å². The van der Waals surface area contributed by atoms with Crippen molar-refractivity contribution in [3.63, 3.8) is 0 Å². The fourth-order valence-electron chi connectivity index (χ4n) is 17.0. The van der Waals surface area contributed by atoms with Crippen LogP contribution in [0.4, 0.5) is 0 Å². The van der Waals surface area contributed by atoms with E-state index in [-0.39, 0.29) is 0 Å². The fourth-order valence-corrected chi connectivity index (χ4v) is 17.0. The Morgan fingerprint density at radius 1 is 0.137 bits per heavy atom. The highest BCUT2D eigenvalue weighted by molar-refractivity contribution is 6.08. The van der Waals surface area contributed by atoms with E-state index in [2.05, 4.69) is 301 Å². The van der Waals surface area contributed by atoms with Crippen LogP contribution in [0.2, 0.25) is 0 Å². The van der Waals surface area contributed by atoms with Crippen molar-refractivity contribution in [3.05, 3.63) is 413 Å². The van der Waals surface area contributed by atoms with Crippen molar-refractivity contribution < 1.29 is 0 Å². The average molecular weight is 1580 g/mol. The summed E-state index contributed by atoms with van der Waals surface area (Å²) in [6.07, 6.45) is 3.66. The molecule has 14 aromatic carbocycles. The molecule has 0 aliphatic rings. The summed E-state index contributed by atoms with van der Waals surface area (Å²) in [5, 5.41) is 13.1. The van der Waals surface area contributed by atoms with Gasteiger partial charge in [-0.05, 0) is 141 Å². The average Bonchev–Trinajstić information content (AvgIpc) is 0.763. The van der Waals surface area contributed by atoms with E-state index >= 15 is 0 Å². The Hall–Kier alpha value is -17.0. The lowest BCUT2D eigenvalue weighted by atomic mass is 9.95. The molecule has 0 bridgehead atoms. The van der Waals surface area contributed by atoms with Crippen molar-refractivity contribution in [2.75, 3.05) is 0 Å². The number of fused-ring (bicyclic) bond motifs is 12. The van der Waals surface area contributed by atoms with Crippen LogP contribution >= 0.6 is 0 Å². The molecular weight excluding hydrogens is 1510 g/mol. The highest BCUT2D eigenvalue weighted by Gasteiger charge is 2.20. The molecule has 24 rings (SSSR count). The van der Waals surface area contributed by atoms with Gasteiger partial charge in [-0.1, -0.05) is 303 Å². The molecule has 0 radical (unpaired) electrons. The van der Waals surface area contributed by atoms with Gasteiger partial charge in [0.25, 0.3) is 0 Å². The summed E-state index contributed by atoms with van der Waals surface area (Å²) < 4.78 is 0. The van der Waals surface area contributed by atoms with Gasteiger partial charge in [-0.25, -0.2) is 49.8 Å². The number of benzene rings is 14. The summed E-state index contributed by atoms with van der Waals surface area (Å²) >= 11 is 0. The van der Waals surface area contributed by atoms with E-state index in [1.165, 1.54) is 0 Å². The molecule has 10 aromatic heterocycles. The minimum absolute atomic E-state index is 0.583. The predicted octanol–water partition coefficient (Wildman–Crippen LogP) is 27.6. The third kappa shape index (κ3) is 13.8.